The number of nitrogens with one attached hydrogen (secondary N) is 6. The van der Waals surface area contributed by atoms with E-state index in [4.69, 9.17) is 72.5 Å². The number of hydrogen-bond acceptors (Lipinski definition) is 12. The van der Waals surface area contributed by atoms with Crippen molar-refractivity contribution in [2.75, 3.05) is 39.3 Å². The lowest BCUT2D eigenvalue weighted by Gasteiger charge is -2.24. The van der Waals surface area contributed by atoms with Gasteiger partial charge in [0, 0.05) is 72.3 Å². The Morgan fingerprint density at radius 3 is 1.13 bits per heavy atom. The first-order valence-electron chi connectivity index (χ1n) is 29.9. The molecule has 3 atom stereocenters. The van der Waals surface area contributed by atoms with E-state index in [0.717, 1.165) is 23.3 Å². The van der Waals surface area contributed by atoms with Gasteiger partial charge in [0.2, 0.25) is 17.7 Å². The molecular formula is C67H64Cl5F8N9O9. The number of benzene rings is 6. The Bertz CT molecular complexity index is 4160. The van der Waals surface area contributed by atoms with E-state index >= 15 is 0 Å². The lowest BCUT2D eigenvalue weighted by Crippen LogP contribution is -2.37. The highest BCUT2D eigenvalue weighted by atomic mass is 35.5. The Balaban J connectivity index is 0.000000207. The van der Waals surface area contributed by atoms with Crippen LogP contribution >= 0.6 is 58.0 Å². The lowest BCUT2D eigenvalue weighted by atomic mass is 9.87. The Morgan fingerprint density at radius 2 is 0.765 bits per heavy atom. The van der Waals surface area contributed by atoms with Gasteiger partial charge in [0.05, 0.1) is 73.0 Å². The van der Waals surface area contributed by atoms with Crippen molar-refractivity contribution in [3.63, 3.8) is 0 Å². The summed E-state index contributed by atoms with van der Waals surface area (Å²) in [6.45, 7) is 14.8. The predicted octanol–water partition coefficient (Wildman–Crippen LogP) is 14.0. The van der Waals surface area contributed by atoms with E-state index in [1.165, 1.54) is 25.1 Å². The standard InChI is InChI=1S/C23H22ClF4N3O3.C22H20Cl2F3N3O3.C22H22Cl2FN3O3/c1-4-29-19(32)11-30-21(33)15-6-5-13(7-12(15)2)18-10-22(3,34-31-18)14-8-16(23(26,27)28)20(25)17(24)9-14;1-3-28-18(31)11-29-20(32)13-6-4-12(5-7-13)17-10-21(2,33-30-17)14-8-15(22(25,26)27)19(24)16(23)9-14;1-4-26-19(29)11-27-21(30)15-6-5-13(7-12(15)2)18-10-22(3,31-28-18)14-8-16(23)20(25)17(24)9-14/h5-9H,4,10-11H2,1-3H3,(H,29,32)(H,30,33);4-9H,3,10-11H2,1-2H3,(H,28,31)(H,29,32);5-9H,4,10-11H2,1-3H3,(H,26,29)(H,27,30). The van der Waals surface area contributed by atoms with Crippen molar-refractivity contribution >= 4 is 111 Å². The van der Waals surface area contributed by atoms with Gasteiger partial charge in [0.15, 0.2) is 28.4 Å². The summed E-state index contributed by atoms with van der Waals surface area (Å²) in [5, 5.41) is 26.0. The van der Waals surface area contributed by atoms with Crippen molar-refractivity contribution in [2.24, 2.45) is 15.5 Å². The Hall–Kier alpha value is -8.56. The minimum Gasteiger partial charge on any atom is -0.384 e. The third-order valence-corrected chi connectivity index (χ3v) is 17.1. The predicted molar refractivity (Wildman–Crippen MR) is 355 cm³/mol. The second kappa shape index (κ2) is 32.0. The van der Waals surface area contributed by atoms with E-state index in [9.17, 15) is 63.9 Å². The maximum absolute atomic E-state index is 13.9. The molecule has 6 aromatic carbocycles. The van der Waals surface area contributed by atoms with Gasteiger partial charge in [0.25, 0.3) is 17.7 Å². The molecule has 3 heterocycles. The average molecular weight is 1470 g/mol. The van der Waals surface area contributed by atoms with Gasteiger partial charge < -0.3 is 46.4 Å². The van der Waals surface area contributed by atoms with Crippen LogP contribution in [0.15, 0.2) is 113 Å². The van der Waals surface area contributed by atoms with E-state index in [1.807, 2.05) is 19.9 Å². The maximum atomic E-state index is 13.9. The maximum Gasteiger partial charge on any atom is 0.419 e. The minimum absolute atomic E-state index is 0.0306. The van der Waals surface area contributed by atoms with E-state index in [-0.39, 0.29) is 82.3 Å². The first-order chi connectivity index (χ1) is 45.9. The molecule has 9 rings (SSSR count). The molecule has 6 N–H and O–H groups in total. The molecule has 0 spiro atoms. The number of likely N-dealkylation sites (N-methyl/N-ethyl adjacent to an activating group) is 3. The fourth-order valence-corrected chi connectivity index (χ4v) is 11.3. The van der Waals surface area contributed by atoms with E-state index in [1.54, 1.807) is 89.2 Å². The molecule has 3 unspecified atom stereocenters. The molecule has 6 aromatic rings. The van der Waals surface area contributed by atoms with Gasteiger partial charge in [-0.1, -0.05) is 97.7 Å². The first kappa shape index (κ1) is 76.8. The Labute approximate surface area is 582 Å². The summed E-state index contributed by atoms with van der Waals surface area (Å²) < 4.78 is 107. The van der Waals surface area contributed by atoms with Gasteiger partial charge in [-0.15, -0.1) is 0 Å². The number of carbonyl (C=O) groups is 6. The summed E-state index contributed by atoms with van der Waals surface area (Å²) in [5.41, 5.74) is 1.09. The van der Waals surface area contributed by atoms with Crippen LogP contribution in [0, 0.1) is 25.5 Å². The molecule has 0 radical (unpaired) electrons. The summed E-state index contributed by atoms with van der Waals surface area (Å²) in [4.78, 5) is 88.2. The number of rotatable bonds is 18. The van der Waals surface area contributed by atoms with Gasteiger partial charge in [-0.05, 0) is 156 Å². The zero-order valence-corrected chi connectivity index (χ0v) is 57.3. The number of nitrogens with zero attached hydrogens (tertiary/aromatic N) is 3. The first-order valence-corrected chi connectivity index (χ1v) is 31.8. The average Bonchev–Trinajstić information content (AvgIpc) is 1.39. The van der Waals surface area contributed by atoms with Crippen LogP contribution < -0.4 is 31.9 Å². The summed E-state index contributed by atoms with van der Waals surface area (Å²) in [7, 11) is 0. The van der Waals surface area contributed by atoms with Gasteiger partial charge in [-0.2, -0.15) is 26.3 Å². The van der Waals surface area contributed by atoms with Crippen LogP contribution in [0.1, 0.15) is 148 Å². The quantitative estimate of drug-likeness (QED) is 0.0354. The topological polar surface area (TPSA) is 239 Å². The molecule has 3 aliphatic heterocycles. The molecule has 0 aromatic heterocycles. The Kier molecular flexibility index (Phi) is 25.1. The largest absolute Gasteiger partial charge is 0.419 e. The zero-order valence-electron chi connectivity index (χ0n) is 53.5. The minimum atomic E-state index is -4.92. The number of oxime groups is 3. The van der Waals surface area contributed by atoms with Crippen molar-refractivity contribution in [3.8, 4) is 0 Å². The number of halogens is 13. The smallest absolute Gasteiger partial charge is 0.384 e. The van der Waals surface area contributed by atoms with Crippen molar-refractivity contribution in [3.05, 3.63) is 206 Å². The molecule has 522 valence electrons. The zero-order chi connectivity index (χ0) is 72.4. The molecule has 0 saturated carbocycles. The third-order valence-electron chi connectivity index (χ3n) is 15.5. The normalized spacial score (nSPS) is 17.7. The number of carbonyl (C=O) groups excluding carboxylic acids is 6. The molecule has 0 saturated heterocycles. The fourth-order valence-electron chi connectivity index (χ4n) is 10.2. The number of aryl methyl sites for hydroxylation is 2. The van der Waals surface area contributed by atoms with Crippen LogP contribution in [0.3, 0.4) is 0 Å². The van der Waals surface area contributed by atoms with Crippen LogP contribution in [0.25, 0.3) is 0 Å². The summed E-state index contributed by atoms with van der Waals surface area (Å²) >= 11 is 29.3. The molecule has 0 aliphatic carbocycles. The molecule has 3 aliphatic rings. The van der Waals surface area contributed by atoms with Gasteiger partial charge >= 0.3 is 12.4 Å². The SMILES string of the molecule is CCNC(=O)CNC(=O)c1ccc(C2=NOC(C)(c3cc(Cl)c(Cl)c(C(F)(F)F)c3)C2)cc1.CCNC(=O)CNC(=O)c1ccc(C2=NOC(C)(c3cc(Cl)c(F)c(C(F)(F)F)c3)C2)cc1C.CCNC(=O)CNC(=O)c1ccc(C2=NOC(C)(c3cc(Cl)c(F)c(Cl)c3)C2)cc1C. The highest BCUT2D eigenvalue weighted by Gasteiger charge is 2.44. The Morgan fingerprint density at radius 1 is 0.439 bits per heavy atom. The number of alkyl halides is 6. The van der Waals surface area contributed by atoms with Crippen LogP contribution in [-0.2, 0) is 58.1 Å². The number of hydrogen-bond donors (Lipinski definition) is 6. The summed E-state index contributed by atoms with van der Waals surface area (Å²) in [6.07, 6.45) is -8.93. The molecule has 0 bridgehead atoms. The third kappa shape index (κ3) is 18.8. The van der Waals surface area contributed by atoms with E-state index in [2.05, 4.69) is 47.4 Å². The molecule has 31 heteroatoms. The van der Waals surface area contributed by atoms with Crippen molar-refractivity contribution < 1.29 is 78.4 Å². The van der Waals surface area contributed by atoms with Gasteiger partial charge in [-0.3, -0.25) is 28.8 Å². The van der Waals surface area contributed by atoms with Crippen LogP contribution in [-0.4, -0.2) is 91.8 Å². The molecule has 18 nitrogen and oxygen atoms in total. The van der Waals surface area contributed by atoms with E-state index in [0.29, 0.717) is 88.2 Å². The van der Waals surface area contributed by atoms with Crippen LogP contribution in [0.2, 0.25) is 25.1 Å². The monoisotopic (exact) mass is 1470 g/mol. The molecule has 0 fully saturated rings. The second-order valence-corrected chi connectivity index (χ2v) is 25.1. The number of amides is 6. The van der Waals surface area contributed by atoms with Crippen molar-refractivity contribution in [2.45, 2.75) is 104 Å². The van der Waals surface area contributed by atoms with Crippen LogP contribution in [0.5, 0.6) is 0 Å². The van der Waals surface area contributed by atoms with Crippen molar-refractivity contribution in [1.29, 1.82) is 0 Å². The van der Waals surface area contributed by atoms with Gasteiger partial charge in [-0.25, -0.2) is 8.78 Å². The van der Waals surface area contributed by atoms with Crippen LogP contribution in [0.4, 0.5) is 35.1 Å². The second-order valence-electron chi connectivity index (χ2n) is 23.0. The molecule has 6 amide bonds. The highest BCUT2D eigenvalue weighted by Crippen LogP contribution is 2.46. The lowest BCUT2D eigenvalue weighted by molar-refractivity contribution is -0.140. The fraction of sp³-hybridized carbons (Fsp3) is 0.328. The molecule has 98 heavy (non-hydrogen) atoms. The van der Waals surface area contributed by atoms with Crippen molar-refractivity contribution in [1.82, 2.24) is 31.9 Å². The van der Waals surface area contributed by atoms with Gasteiger partial charge in [0.1, 0.15) is 0 Å². The summed E-state index contributed by atoms with van der Waals surface area (Å²) in [5.74, 6) is -4.25. The molecular weight excluding hydrogens is 1400 g/mol. The van der Waals surface area contributed by atoms with E-state index < -0.39 is 73.8 Å². The summed E-state index contributed by atoms with van der Waals surface area (Å²) in [6, 6.07) is 23.5. The highest BCUT2D eigenvalue weighted by molar-refractivity contribution is 6.42.